The Morgan fingerprint density at radius 3 is 1.67 bits per heavy atom. The molecule has 0 aromatic carbocycles. The highest BCUT2D eigenvalue weighted by Crippen LogP contribution is 1.80. The zero-order chi connectivity index (χ0) is 7.44. The van der Waals surface area contributed by atoms with E-state index in [1.165, 1.54) is 0 Å². The SMILES string of the molecule is NC(=S)N(C=O)C(N)=S. The third-order valence-electron chi connectivity index (χ3n) is 0.580. The second-order valence-electron chi connectivity index (χ2n) is 1.15. The van der Waals surface area contributed by atoms with Crippen LogP contribution in [0.3, 0.4) is 0 Å². The van der Waals surface area contributed by atoms with Gasteiger partial charge >= 0.3 is 0 Å². The van der Waals surface area contributed by atoms with E-state index in [1.807, 2.05) is 0 Å². The Morgan fingerprint density at radius 2 is 1.67 bits per heavy atom. The lowest BCUT2D eigenvalue weighted by Gasteiger charge is -2.10. The van der Waals surface area contributed by atoms with E-state index >= 15 is 0 Å². The highest BCUT2D eigenvalue weighted by atomic mass is 32.1. The van der Waals surface area contributed by atoms with Gasteiger partial charge in [0.15, 0.2) is 10.2 Å². The minimum absolute atomic E-state index is 0.141. The lowest BCUT2D eigenvalue weighted by Crippen LogP contribution is -2.42. The van der Waals surface area contributed by atoms with Crippen LogP contribution in [0.1, 0.15) is 0 Å². The van der Waals surface area contributed by atoms with Crippen molar-refractivity contribution < 1.29 is 4.79 Å². The molecule has 0 aliphatic rings. The summed E-state index contributed by atoms with van der Waals surface area (Å²) in [7, 11) is 0. The van der Waals surface area contributed by atoms with Crippen molar-refractivity contribution in [2.24, 2.45) is 11.5 Å². The molecule has 0 saturated carbocycles. The fourth-order valence-electron chi connectivity index (χ4n) is 0.212. The molecule has 50 valence electrons. The number of carbonyl (C=O) groups excluding carboxylic acids is 1. The lowest BCUT2D eigenvalue weighted by molar-refractivity contribution is -0.112. The van der Waals surface area contributed by atoms with E-state index < -0.39 is 0 Å². The highest BCUT2D eigenvalue weighted by molar-refractivity contribution is 7.81. The summed E-state index contributed by atoms with van der Waals surface area (Å²) in [6, 6.07) is 0. The van der Waals surface area contributed by atoms with Crippen LogP contribution in [0.25, 0.3) is 0 Å². The van der Waals surface area contributed by atoms with Crippen molar-refractivity contribution in [1.29, 1.82) is 0 Å². The molecule has 0 atom stereocenters. The summed E-state index contributed by atoms with van der Waals surface area (Å²) in [4.78, 5) is 10.8. The van der Waals surface area contributed by atoms with E-state index in [-0.39, 0.29) is 10.2 Å². The van der Waals surface area contributed by atoms with Crippen LogP contribution in [0.4, 0.5) is 0 Å². The maximum atomic E-state index is 9.98. The molecule has 0 aromatic rings. The third kappa shape index (κ3) is 2.34. The molecular weight excluding hydrogens is 158 g/mol. The average molecular weight is 163 g/mol. The van der Waals surface area contributed by atoms with Gasteiger partial charge in [0.1, 0.15) is 0 Å². The van der Waals surface area contributed by atoms with Crippen LogP contribution in [-0.2, 0) is 4.79 Å². The van der Waals surface area contributed by atoms with E-state index in [9.17, 15) is 4.79 Å². The molecule has 4 nitrogen and oxygen atoms in total. The topological polar surface area (TPSA) is 72.3 Å². The molecule has 0 rings (SSSR count). The van der Waals surface area contributed by atoms with E-state index in [1.54, 1.807) is 0 Å². The molecule has 0 aliphatic carbocycles. The summed E-state index contributed by atoms with van der Waals surface area (Å²) < 4.78 is 0. The quantitative estimate of drug-likeness (QED) is 0.380. The molecule has 0 fully saturated rings. The molecule has 0 aromatic heterocycles. The molecule has 0 aliphatic heterocycles. The van der Waals surface area contributed by atoms with E-state index in [0.717, 1.165) is 4.90 Å². The second-order valence-corrected chi connectivity index (χ2v) is 1.99. The van der Waals surface area contributed by atoms with Gasteiger partial charge in [-0.25, -0.2) is 4.90 Å². The third-order valence-corrected chi connectivity index (χ3v) is 0.974. The smallest absolute Gasteiger partial charge is 0.222 e. The zero-order valence-corrected chi connectivity index (χ0v) is 6.04. The first-order valence-electron chi connectivity index (χ1n) is 1.93. The Hall–Kier alpha value is -0.750. The van der Waals surface area contributed by atoms with Gasteiger partial charge in [0, 0.05) is 0 Å². The van der Waals surface area contributed by atoms with E-state index in [2.05, 4.69) is 24.4 Å². The summed E-state index contributed by atoms with van der Waals surface area (Å²) in [6.07, 6.45) is 0.366. The summed E-state index contributed by atoms with van der Waals surface area (Å²) in [5, 5.41) is -0.282. The summed E-state index contributed by atoms with van der Waals surface area (Å²) >= 11 is 8.79. The van der Waals surface area contributed by atoms with Crippen molar-refractivity contribution in [3.63, 3.8) is 0 Å². The minimum Gasteiger partial charge on any atom is -0.375 e. The van der Waals surface area contributed by atoms with Crippen LogP contribution < -0.4 is 11.5 Å². The summed E-state index contributed by atoms with van der Waals surface area (Å²) in [6.45, 7) is 0. The molecular formula is C3H5N3OS2. The van der Waals surface area contributed by atoms with Gasteiger partial charge in [-0.05, 0) is 24.4 Å². The number of nitrogens with two attached hydrogens (primary N) is 2. The van der Waals surface area contributed by atoms with E-state index in [4.69, 9.17) is 11.5 Å². The van der Waals surface area contributed by atoms with Crippen molar-refractivity contribution in [3.05, 3.63) is 0 Å². The van der Waals surface area contributed by atoms with Gasteiger partial charge in [-0.2, -0.15) is 0 Å². The normalized spacial score (nSPS) is 8.00. The molecule has 0 radical (unpaired) electrons. The zero-order valence-electron chi connectivity index (χ0n) is 4.40. The fraction of sp³-hybridized carbons (Fsp3) is 0. The Labute approximate surface area is 62.8 Å². The van der Waals surface area contributed by atoms with E-state index in [0.29, 0.717) is 6.41 Å². The maximum absolute atomic E-state index is 9.98. The number of nitrogens with zero attached hydrogens (tertiary/aromatic N) is 1. The maximum Gasteiger partial charge on any atom is 0.222 e. The van der Waals surface area contributed by atoms with Crippen LogP contribution in [0.2, 0.25) is 0 Å². The van der Waals surface area contributed by atoms with Gasteiger partial charge in [-0.1, -0.05) is 0 Å². The van der Waals surface area contributed by atoms with Crippen molar-refractivity contribution in [1.82, 2.24) is 4.90 Å². The van der Waals surface area contributed by atoms with Gasteiger partial charge in [0.05, 0.1) is 0 Å². The van der Waals surface area contributed by atoms with Gasteiger partial charge in [-0.15, -0.1) is 0 Å². The summed E-state index contributed by atoms with van der Waals surface area (Å²) in [5.41, 5.74) is 10.0. The van der Waals surface area contributed by atoms with Crippen LogP contribution in [-0.4, -0.2) is 21.5 Å². The molecule has 0 bridgehead atoms. The fourth-order valence-corrected chi connectivity index (χ4v) is 0.553. The Balaban J connectivity index is 4.16. The number of rotatable bonds is 1. The van der Waals surface area contributed by atoms with Crippen molar-refractivity contribution in [2.45, 2.75) is 0 Å². The average Bonchev–Trinajstić information content (AvgIpc) is 1.64. The molecule has 1 amide bonds. The molecule has 0 saturated heterocycles. The highest BCUT2D eigenvalue weighted by Gasteiger charge is 2.05. The number of hydrogen-bond donors (Lipinski definition) is 2. The van der Waals surface area contributed by atoms with Gasteiger partial charge in [0.25, 0.3) is 0 Å². The monoisotopic (exact) mass is 163 g/mol. The molecule has 9 heavy (non-hydrogen) atoms. The predicted molar refractivity (Wildman–Crippen MR) is 41.5 cm³/mol. The van der Waals surface area contributed by atoms with Crippen LogP contribution in [0.5, 0.6) is 0 Å². The Bertz CT molecular complexity index is 143. The van der Waals surface area contributed by atoms with Gasteiger partial charge in [-0.3, -0.25) is 4.79 Å². The molecule has 0 spiro atoms. The second kappa shape index (κ2) is 3.31. The Morgan fingerprint density at radius 1 is 1.33 bits per heavy atom. The Kier molecular flexibility index (Phi) is 3.03. The van der Waals surface area contributed by atoms with Crippen molar-refractivity contribution in [3.8, 4) is 0 Å². The van der Waals surface area contributed by atoms with Gasteiger partial charge in [0.2, 0.25) is 6.41 Å². The van der Waals surface area contributed by atoms with Crippen LogP contribution >= 0.6 is 24.4 Å². The largest absolute Gasteiger partial charge is 0.375 e. The molecule has 4 N–H and O–H groups in total. The van der Waals surface area contributed by atoms with Gasteiger partial charge < -0.3 is 11.5 Å². The number of carbonyl (C=O) groups is 1. The first-order valence-corrected chi connectivity index (χ1v) is 2.74. The number of hydrogen-bond acceptors (Lipinski definition) is 3. The molecule has 0 unspecified atom stereocenters. The first-order chi connectivity index (χ1) is 4.09. The van der Waals surface area contributed by atoms with Crippen LogP contribution in [0, 0.1) is 0 Å². The van der Waals surface area contributed by atoms with Crippen molar-refractivity contribution >= 4 is 41.1 Å². The predicted octanol–water partition coefficient (Wildman–Crippen LogP) is -1.07. The number of thiocarbonyl (C=S) groups is 2. The van der Waals surface area contributed by atoms with Crippen LogP contribution in [0.15, 0.2) is 0 Å². The van der Waals surface area contributed by atoms with Crippen molar-refractivity contribution in [2.75, 3.05) is 0 Å². The summed E-state index contributed by atoms with van der Waals surface area (Å²) in [5.74, 6) is 0. The lowest BCUT2D eigenvalue weighted by atomic mass is 10.8. The molecule has 6 heteroatoms. The molecule has 0 heterocycles. The standard InChI is InChI=1S/C3H5N3OS2/c4-2(8)6(1-7)3(5)9/h1H,(H2,4,8)(H2,5,9). The first kappa shape index (κ1) is 8.25. The number of amides is 1. The minimum atomic E-state index is -0.141.